The highest BCUT2D eigenvalue weighted by atomic mass is 16.5. The maximum atomic E-state index is 13.6. The van der Waals surface area contributed by atoms with E-state index in [0.29, 0.717) is 60.9 Å². The van der Waals surface area contributed by atoms with E-state index in [2.05, 4.69) is 15.5 Å². The van der Waals surface area contributed by atoms with Crippen molar-refractivity contribution in [1.82, 2.24) is 10.4 Å². The van der Waals surface area contributed by atoms with Gasteiger partial charge in [-0.25, -0.2) is 5.43 Å². The summed E-state index contributed by atoms with van der Waals surface area (Å²) in [4.78, 5) is 17.6. The smallest absolute Gasteiger partial charge is 0.271 e. The van der Waals surface area contributed by atoms with Crippen LogP contribution in [0.4, 0.5) is 0 Å². The van der Waals surface area contributed by atoms with Crippen molar-refractivity contribution >= 4 is 12.1 Å². The van der Waals surface area contributed by atoms with Crippen LogP contribution in [0.5, 0.6) is 34.5 Å². The third-order valence-electron chi connectivity index (χ3n) is 9.91. The van der Waals surface area contributed by atoms with Crippen LogP contribution in [0.1, 0.15) is 49.3 Å². The van der Waals surface area contributed by atoms with Gasteiger partial charge in [-0.1, -0.05) is 121 Å². The van der Waals surface area contributed by atoms with Gasteiger partial charge in [-0.15, -0.1) is 0 Å². The predicted molar refractivity (Wildman–Crippen MR) is 250 cm³/mol. The molecule has 1 aromatic heterocycles. The molecule has 0 saturated carbocycles. The number of pyridine rings is 1. The quantitative estimate of drug-likeness (QED) is 0.0562. The van der Waals surface area contributed by atoms with Crippen molar-refractivity contribution < 1.29 is 33.2 Å². The third kappa shape index (κ3) is 13.8. The molecular formula is C55H47N3O7. The Kier molecular flexibility index (Phi) is 15.1. The number of ether oxygens (including phenoxy) is 6. The van der Waals surface area contributed by atoms with Crippen molar-refractivity contribution in [1.29, 1.82) is 0 Å². The first-order valence-electron chi connectivity index (χ1n) is 21.2. The number of hydrogen-bond acceptors (Lipinski definition) is 9. The molecule has 0 fully saturated rings. The van der Waals surface area contributed by atoms with Gasteiger partial charge in [0.25, 0.3) is 5.91 Å². The fourth-order valence-corrected chi connectivity index (χ4v) is 6.61. The zero-order valence-electron chi connectivity index (χ0n) is 35.6. The number of amides is 1. The van der Waals surface area contributed by atoms with E-state index in [-0.39, 0.29) is 18.8 Å². The molecule has 1 heterocycles. The molecule has 0 atom stereocenters. The summed E-state index contributed by atoms with van der Waals surface area (Å²) in [6.45, 7) is 1.80. The second-order valence-corrected chi connectivity index (χ2v) is 15.0. The van der Waals surface area contributed by atoms with Crippen LogP contribution >= 0.6 is 0 Å². The van der Waals surface area contributed by atoms with Gasteiger partial charge in [-0.3, -0.25) is 9.78 Å². The number of hydrazone groups is 1. The Morgan fingerprint density at radius 1 is 0.400 bits per heavy atom. The Balaban J connectivity index is 1.03. The monoisotopic (exact) mass is 861 g/mol. The zero-order chi connectivity index (χ0) is 44.3. The second kappa shape index (κ2) is 22.6. The summed E-state index contributed by atoms with van der Waals surface area (Å²) in [5.74, 6) is 2.87. The summed E-state index contributed by atoms with van der Waals surface area (Å²) in [6.07, 6.45) is 4.85. The summed E-state index contributed by atoms with van der Waals surface area (Å²) < 4.78 is 37.8. The normalized spacial score (nSPS) is 10.8. The molecule has 324 valence electrons. The number of hydrogen-bond donors (Lipinski definition) is 1. The molecule has 1 amide bonds. The maximum absolute atomic E-state index is 13.6. The first-order valence-corrected chi connectivity index (χ1v) is 21.2. The zero-order valence-corrected chi connectivity index (χ0v) is 35.6. The van der Waals surface area contributed by atoms with Crippen LogP contribution in [0.2, 0.25) is 0 Å². The van der Waals surface area contributed by atoms with Gasteiger partial charge < -0.3 is 28.4 Å². The van der Waals surface area contributed by atoms with Crippen LogP contribution in [-0.4, -0.2) is 17.1 Å². The number of nitrogens with zero attached hydrogens (tertiary/aromatic N) is 2. The molecule has 0 saturated heterocycles. The van der Waals surface area contributed by atoms with E-state index in [1.165, 1.54) is 0 Å². The summed E-state index contributed by atoms with van der Waals surface area (Å²) in [6, 6.07) is 59.9. The second-order valence-electron chi connectivity index (χ2n) is 15.0. The highest BCUT2D eigenvalue weighted by Crippen LogP contribution is 2.30. The van der Waals surface area contributed by atoms with Gasteiger partial charge in [0.1, 0.15) is 74.1 Å². The van der Waals surface area contributed by atoms with Gasteiger partial charge in [0.05, 0.1) is 6.21 Å². The fourth-order valence-electron chi connectivity index (χ4n) is 6.61. The van der Waals surface area contributed by atoms with Gasteiger partial charge in [0, 0.05) is 36.2 Å². The van der Waals surface area contributed by atoms with Crippen molar-refractivity contribution in [2.24, 2.45) is 5.10 Å². The number of benzene rings is 7. The maximum Gasteiger partial charge on any atom is 0.271 e. The van der Waals surface area contributed by atoms with Crippen LogP contribution in [0.25, 0.3) is 0 Å². The molecule has 7 aromatic carbocycles. The largest absolute Gasteiger partial charge is 0.489 e. The molecule has 0 aliphatic carbocycles. The molecule has 0 aliphatic heterocycles. The van der Waals surface area contributed by atoms with Crippen LogP contribution in [0.3, 0.4) is 0 Å². The standard InChI is InChI=1S/C55H47N3O7/c59-55(58-57-34-41-21-23-56-24-22-41)48-29-53(64-39-46-25-49(60-35-42-13-5-1-6-14-42)31-50(26-46)61-36-43-15-7-2-8-16-43)33-54(30-48)65-40-47-27-51(62-37-44-17-9-3-10-18-44)32-52(28-47)63-38-45-19-11-4-12-20-45/h1-34H,35-40H2,(H,58,59)/b57-34+. The van der Waals surface area contributed by atoms with Gasteiger partial charge in [-0.05, 0) is 87.5 Å². The molecular weight excluding hydrogens is 815 g/mol. The van der Waals surface area contributed by atoms with Crippen LogP contribution in [-0.2, 0) is 39.6 Å². The highest BCUT2D eigenvalue weighted by molar-refractivity contribution is 5.95. The lowest BCUT2D eigenvalue weighted by molar-refractivity contribution is 0.0954. The SMILES string of the molecule is O=C(N/N=C/c1ccncc1)c1cc(OCc2cc(OCc3ccccc3)cc(OCc3ccccc3)c2)cc(OCc2cc(OCc3ccccc3)cc(OCc3ccccc3)c2)c1. The Morgan fingerprint density at radius 3 is 1.05 bits per heavy atom. The number of rotatable bonds is 21. The van der Waals surface area contributed by atoms with Gasteiger partial charge in [-0.2, -0.15) is 5.10 Å². The third-order valence-corrected chi connectivity index (χ3v) is 9.91. The number of carbonyl (C=O) groups is 1. The molecule has 0 radical (unpaired) electrons. The van der Waals surface area contributed by atoms with E-state index >= 15 is 0 Å². The summed E-state index contributed by atoms with van der Waals surface area (Å²) in [5, 5.41) is 4.17. The van der Waals surface area contributed by atoms with Crippen LogP contribution in [0.15, 0.2) is 206 Å². The van der Waals surface area contributed by atoms with Gasteiger partial charge in [0.15, 0.2) is 0 Å². The summed E-state index contributed by atoms with van der Waals surface area (Å²) in [5.41, 5.74) is 9.44. The molecule has 8 aromatic rings. The summed E-state index contributed by atoms with van der Waals surface area (Å²) >= 11 is 0. The van der Waals surface area contributed by atoms with E-state index in [1.807, 2.05) is 158 Å². The minimum absolute atomic E-state index is 0.137. The Bertz CT molecular complexity index is 2480. The first-order chi connectivity index (χ1) is 32.1. The van der Waals surface area contributed by atoms with Crippen molar-refractivity contribution in [3.8, 4) is 34.5 Å². The molecule has 0 bridgehead atoms. The lowest BCUT2D eigenvalue weighted by Crippen LogP contribution is -2.18. The Morgan fingerprint density at radius 2 is 0.708 bits per heavy atom. The van der Waals surface area contributed by atoms with Crippen LogP contribution < -0.4 is 33.8 Å². The van der Waals surface area contributed by atoms with Crippen molar-refractivity contribution in [3.05, 3.63) is 245 Å². The topological polar surface area (TPSA) is 110 Å². The molecule has 0 unspecified atom stereocenters. The summed E-state index contributed by atoms with van der Waals surface area (Å²) in [7, 11) is 0. The van der Waals surface area contributed by atoms with Crippen molar-refractivity contribution in [3.63, 3.8) is 0 Å². The minimum atomic E-state index is -0.452. The number of carbonyl (C=O) groups excluding carboxylic acids is 1. The van der Waals surface area contributed by atoms with E-state index in [9.17, 15) is 4.79 Å². The molecule has 10 nitrogen and oxygen atoms in total. The highest BCUT2D eigenvalue weighted by Gasteiger charge is 2.14. The Hall–Kier alpha value is -8.37. The van der Waals surface area contributed by atoms with E-state index in [4.69, 9.17) is 28.4 Å². The first kappa shape index (κ1) is 43.3. The van der Waals surface area contributed by atoms with Crippen LogP contribution in [0, 0.1) is 0 Å². The van der Waals surface area contributed by atoms with Gasteiger partial charge >= 0.3 is 0 Å². The molecule has 0 spiro atoms. The molecule has 1 N–H and O–H groups in total. The van der Waals surface area contributed by atoms with Crippen molar-refractivity contribution in [2.45, 2.75) is 39.6 Å². The average molecular weight is 862 g/mol. The number of nitrogens with one attached hydrogen (secondary N) is 1. The molecule has 10 heteroatoms. The predicted octanol–water partition coefficient (Wildman–Crippen LogP) is 11.3. The van der Waals surface area contributed by atoms with E-state index < -0.39 is 5.91 Å². The Labute approximate surface area is 378 Å². The van der Waals surface area contributed by atoms with E-state index in [1.54, 1.807) is 48.9 Å². The fraction of sp³-hybridized carbons (Fsp3) is 0.109. The lowest BCUT2D eigenvalue weighted by atomic mass is 10.1. The van der Waals surface area contributed by atoms with Crippen molar-refractivity contribution in [2.75, 3.05) is 0 Å². The average Bonchev–Trinajstić information content (AvgIpc) is 3.36. The molecule has 8 rings (SSSR count). The van der Waals surface area contributed by atoms with E-state index in [0.717, 1.165) is 38.9 Å². The van der Waals surface area contributed by atoms with Gasteiger partial charge in [0.2, 0.25) is 0 Å². The molecule has 65 heavy (non-hydrogen) atoms. The minimum Gasteiger partial charge on any atom is -0.489 e. The number of aromatic nitrogens is 1. The lowest BCUT2D eigenvalue weighted by Gasteiger charge is -2.15. The molecule has 0 aliphatic rings.